The molecule has 0 aliphatic carbocycles. The first-order chi connectivity index (χ1) is 7.11. The van der Waals surface area contributed by atoms with Crippen LogP contribution in [0.15, 0.2) is 35.2 Å². The molecular weight excluding hydrogens is 208 g/mol. The van der Waals surface area contributed by atoms with E-state index in [9.17, 15) is 10.2 Å². The van der Waals surface area contributed by atoms with Crippen molar-refractivity contribution in [1.29, 1.82) is 0 Å². The van der Waals surface area contributed by atoms with Crippen LogP contribution < -0.4 is 0 Å². The molecule has 3 heteroatoms. The van der Waals surface area contributed by atoms with Crippen molar-refractivity contribution in [2.75, 3.05) is 12.5 Å². The number of hydrogen-bond acceptors (Lipinski definition) is 2. The summed E-state index contributed by atoms with van der Waals surface area (Å²) in [6.07, 6.45) is 4.24. The molecule has 2 nitrogen and oxygen atoms in total. The molecule has 15 heavy (non-hydrogen) atoms. The first-order valence-corrected chi connectivity index (χ1v) is 6.66. The molecule has 78 valence electrons. The summed E-state index contributed by atoms with van der Waals surface area (Å²) in [5.74, 6) is 0.273. The number of hydrogen-bond donors (Lipinski definition) is 2. The molecule has 2 N–H and O–H groups in total. The summed E-state index contributed by atoms with van der Waals surface area (Å²) < 4.78 is 0. The summed E-state index contributed by atoms with van der Waals surface area (Å²) in [6.45, 7) is 0. The lowest BCUT2D eigenvalue weighted by Crippen LogP contribution is -1.96. The summed E-state index contributed by atoms with van der Waals surface area (Å²) in [7, 11) is 0.108. The molecule has 0 bridgehead atoms. The maximum absolute atomic E-state index is 9.70. The van der Waals surface area contributed by atoms with Crippen molar-refractivity contribution in [2.24, 2.45) is 0 Å². The summed E-state index contributed by atoms with van der Waals surface area (Å²) in [5.41, 5.74) is 0. The van der Waals surface area contributed by atoms with Gasteiger partial charge in [-0.15, -0.1) is 0 Å². The summed E-state index contributed by atoms with van der Waals surface area (Å²) in [4.78, 5) is 1.17. The average Bonchev–Trinajstić information content (AvgIpc) is 2.17. The highest BCUT2D eigenvalue weighted by atomic mass is 32.2. The smallest absolute Gasteiger partial charge is 0.162 e. The van der Waals surface area contributed by atoms with E-state index in [1.807, 2.05) is 12.1 Å². The number of rotatable bonds is 1. The van der Waals surface area contributed by atoms with Crippen LogP contribution in [0.2, 0.25) is 0 Å². The minimum absolute atomic E-state index is 0.108. The quantitative estimate of drug-likeness (QED) is 0.726. The van der Waals surface area contributed by atoms with E-state index in [0.29, 0.717) is 5.39 Å². The second-order valence-electron chi connectivity index (χ2n) is 3.60. The van der Waals surface area contributed by atoms with Gasteiger partial charge in [0.05, 0.1) is 5.39 Å². The summed E-state index contributed by atoms with van der Waals surface area (Å²) >= 11 is 0. The Kier molecular flexibility index (Phi) is 2.49. The fourth-order valence-corrected chi connectivity index (χ4v) is 2.65. The van der Waals surface area contributed by atoms with Gasteiger partial charge in [0.25, 0.3) is 0 Å². The van der Waals surface area contributed by atoms with E-state index in [1.165, 1.54) is 4.90 Å². The molecule has 2 aromatic carbocycles. The van der Waals surface area contributed by atoms with Crippen molar-refractivity contribution >= 4 is 21.7 Å². The van der Waals surface area contributed by atoms with Crippen LogP contribution in [-0.4, -0.2) is 22.7 Å². The summed E-state index contributed by atoms with van der Waals surface area (Å²) in [5, 5.41) is 20.9. The van der Waals surface area contributed by atoms with Gasteiger partial charge in [0, 0.05) is 16.3 Å². The van der Waals surface area contributed by atoms with E-state index in [2.05, 4.69) is 12.5 Å². The molecule has 0 aromatic heterocycles. The molecule has 0 unspecified atom stereocenters. The molecule has 0 atom stereocenters. The zero-order valence-corrected chi connectivity index (χ0v) is 9.51. The van der Waals surface area contributed by atoms with E-state index in [1.54, 1.807) is 18.2 Å². The van der Waals surface area contributed by atoms with Crippen molar-refractivity contribution in [1.82, 2.24) is 0 Å². The Balaban J connectivity index is 2.89. The fraction of sp³-hybridized carbons (Fsp3) is 0.167. The van der Waals surface area contributed by atoms with Crippen molar-refractivity contribution in [3.8, 4) is 11.5 Å². The van der Waals surface area contributed by atoms with Crippen LogP contribution in [-0.2, 0) is 10.9 Å². The zero-order valence-electron chi connectivity index (χ0n) is 8.69. The van der Waals surface area contributed by atoms with Gasteiger partial charge in [-0.05, 0) is 24.3 Å². The molecular formula is C12H13O2S+. The van der Waals surface area contributed by atoms with Crippen LogP contribution in [0.1, 0.15) is 0 Å². The molecule has 0 heterocycles. The molecule has 0 amide bonds. The van der Waals surface area contributed by atoms with E-state index in [-0.39, 0.29) is 22.4 Å². The largest absolute Gasteiger partial charge is 0.507 e. The lowest BCUT2D eigenvalue weighted by Gasteiger charge is -2.06. The normalized spacial score (nSPS) is 11.1. The van der Waals surface area contributed by atoms with Gasteiger partial charge in [-0.1, -0.05) is 6.07 Å². The highest BCUT2D eigenvalue weighted by molar-refractivity contribution is 7.95. The standard InChI is InChI=1S/C12H12O2S/c1-15(2)11-7-6-10(14)12-8(11)4-3-5-9(12)13/h3-7H,1-2H3,(H-,13,14)/p+1. The molecule has 0 aliphatic rings. The highest BCUT2D eigenvalue weighted by Gasteiger charge is 2.16. The van der Waals surface area contributed by atoms with E-state index in [4.69, 9.17) is 0 Å². The van der Waals surface area contributed by atoms with Crippen LogP contribution in [0, 0.1) is 0 Å². The predicted molar refractivity (Wildman–Crippen MR) is 64.8 cm³/mol. The Morgan fingerprint density at radius 3 is 2.27 bits per heavy atom. The minimum atomic E-state index is 0.108. The first kappa shape index (κ1) is 10.2. The van der Waals surface area contributed by atoms with Crippen LogP contribution in [0.4, 0.5) is 0 Å². The van der Waals surface area contributed by atoms with Gasteiger partial charge >= 0.3 is 0 Å². The van der Waals surface area contributed by atoms with Gasteiger partial charge < -0.3 is 10.2 Å². The Morgan fingerprint density at radius 2 is 1.60 bits per heavy atom. The van der Waals surface area contributed by atoms with Crippen molar-refractivity contribution in [3.63, 3.8) is 0 Å². The van der Waals surface area contributed by atoms with E-state index < -0.39 is 0 Å². The molecule has 0 saturated carbocycles. The zero-order chi connectivity index (χ0) is 11.0. The van der Waals surface area contributed by atoms with E-state index in [0.717, 1.165) is 5.39 Å². The third-order valence-corrected chi connectivity index (χ3v) is 3.63. The van der Waals surface area contributed by atoms with E-state index >= 15 is 0 Å². The Hall–Kier alpha value is -1.35. The number of aromatic hydroxyl groups is 2. The second kappa shape index (κ2) is 3.66. The lowest BCUT2D eigenvalue weighted by atomic mass is 10.1. The number of phenols is 2. The number of fused-ring (bicyclic) bond motifs is 1. The number of benzene rings is 2. The maximum atomic E-state index is 9.70. The van der Waals surface area contributed by atoms with Crippen LogP contribution >= 0.6 is 0 Å². The lowest BCUT2D eigenvalue weighted by molar-refractivity contribution is 0.463. The molecule has 0 fully saturated rings. The van der Waals surface area contributed by atoms with Gasteiger partial charge in [-0.25, -0.2) is 0 Å². The monoisotopic (exact) mass is 221 g/mol. The fourth-order valence-electron chi connectivity index (χ4n) is 1.70. The maximum Gasteiger partial charge on any atom is 0.162 e. The van der Waals surface area contributed by atoms with Crippen LogP contribution in [0.5, 0.6) is 11.5 Å². The summed E-state index contributed by atoms with van der Waals surface area (Å²) in [6, 6.07) is 8.88. The minimum Gasteiger partial charge on any atom is -0.507 e. The molecule has 2 aromatic rings. The highest BCUT2D eigenvalue weighted by Crippen LogP contribution is 2.36. The van der Waals surface area contributed by atoms with Gasteiger partial charge in [0.15, 0.2) is 4.90 Å². The Bertz CT molecular complexity index is 498. The Labute approximate surface area is 91.5 Å². The average molecular weight is 221 g/mol. The van der Waals surface area contributed by atoms with Gasteiger partial charge in [-0.3, -0.25) is 0 Å². The molecule has 0 saturated heterocycles. The molecule has 0 spiro atoms. The van der Waals surface area contributed by atoms with Crippen molar-refractivity contribution in [2.45, 2.75) is 4.90 Å². The molecule has 0 radical (unpaired) electrons. The van der Waals surface area contributed by atoms with Gasteiger partial charge in [0.1, 0.15) is 24.0 Å². The van der Waals surface area contributed by atoms with Crippen LogP contribution in [0.25, 0.3) is 10.8 Å². The van der Waals surface area contributed by atoms with Gasteiger partial charge in [0.2, 0.25) is 0 Å². The second-order valence-corrected chi connectivity index (χ2v) is 5.67. The van der Waals surface area contributed by atoms with Crippen molar-refractivity contribution in [3.05, 3.63) is 30.3 Å². The topological polar surface area (TPSA) is 40.5 Å². The van der Waals surface area contributed by atoms with Gasteiger partial charge in [-0.2, -0.15) is 0 Å². The third-order valence-electron chi connectivity index (χ3n) is 2.40. The predicted octanol–water partition coefficient (Wildman–Crippen LogP) is 2.49. The first-order valence-electron chi connectivity index (χ1n) is 4.62. The number of phenolic OH excluding ortho intramolecular Hbond substituents is 2. The third kappa shape index (κ3) is 1.63. The van der Waals surface area contributed by atoms with Crippen molar-refractivity contribution < 1.29 is 10.2 Å². The SMILES string of the molecule is C[S+](C)c1ccc(O)c2c(O)cccc12. The molecule has 2 rings (SSSR count). The molecule has 0 aliphatic heterocycles. The Morgan fingerprint density at radius 1 is 0.933 bits per heavy atom. The van der Waals surface area contributed by atoms with Crippen LogP contribution in [0.3, 0.4) is 0 Å².